The number of hydrogen-bond donors (Lipinski definition) is 2. The summed E-state index contributed by atoms with van der Waals surface area (Å²) >= 11 is 5.97. The van der Waals surface area contributed by atoms with Gasteiger partial charge < -0.3 is 25.0 Å². The molecule has 0 saturated carbocycles. The lowest BCUT2D eigenvalue weighted by Crippen LogP contribution is -2.44. The highest BCUT2D eigenvalue weighted by Gasteiger charge is 2.06. The molecule has 1 aromatic carbocycles. The average molecular weight is 499 g/mol. The maximum Gasteiger partial charge on any atom is 0.191 e. The largest absolute Gasteiger partial charge is 0.489 e. The molecule has 0 aromatic heterocycles. The number of benzene rings is 1. The second-order valence-electron chi connectivity index (χ2n) is 5.92. The van der Waals surface area contributed by atoms with Gasteiger partial charge in [-0.1, -0.05) is 17.7 Å². The Hall–Kier alpha value is -0.770. The number of likely N-dealkylation sites (N-methyl/N-ethyl adjacent to an activating group) is 1. The number of rotatable bonds is 11. The molecule has 8 heteroatoms. The van der Waals surface area contributed by atoms with E-state index in [-0.39, 0.29) is 30.1 Å². The molecule has 1 atom stereocenters. The van der Waals surface area contributed by atoms with Crippen LogP contribution in [0.2, 0.25) is 5.02 Å². The van der Waals surface area contributed by atoms with Crippen molar-refractivity contribution in [2.75, 3.05) is 54.0 Å². The maximum atomic E-state index is 5.97. The summed E-state index contributed by atoms with van der Waals surface area (Å²) in [4.78, 5) is 6.50. The quantitative estimate of drug-likeness (QED) is 0.213. The van der Waals surface area contributed by atoms with Crippen molar-refractivity contribution < 1.29 is 9.47 Å². The van der Waals surface area contributed by atoms with E-state index in [0.29, 0.717) is 11.6 Å². The van der Waals surface area contributed by atoms with Crippen LogP contribution >= 0.6 is 35.6 Å². The number of guanidine groups is 1. The van der Waals surface area contributed by atoms with Gasteiger partial charge in [0, 0.05) is 45.4 Å². The van der Waals surface area contributed by atoms with Crippen LogP contribution in [0.1, 0.15) is 13.3 Å². The highest BCUT2D eigenvalue weighted by molar-refractivity contribution is 14.0. The molecule has 0 fully saturated rings. The number of ether oxygens (including phenoxy) is 2. The molecule has 6 nitrogen and oxygen atoms in total. The van der Waals surface area contributed by atoms with Crippen LogP contribution in [-0.4, -0.2) is 71.0 Å². The molecule has 0 aliphatic rings. The zero-order valence-corrected chi connectivity index (χ0v) is 19.2. The van der Waals surface area contributed by atoms with Crippen LogP contribution in [0.4, 0.5) is 0 Å². The van der Waals surface area contributed by atoms with Crippen molar-refractivity contribution in [2.45, 2.75) is 19.4 Å². The smallest absolute Gasteiger partial charge is 0.191 e. The monoisotopic (exact) mass is 498 g/mol. The molecule has 0 bridgehead atoms. The third kappa shape index (κ3) is 11.8. The predicted molar refractivity (Wildman–Crippen MR) is 120 cm³/mol. The zero-order valence-electron chi connectivity index (χ0n) is 16.1. The first-order chi connectivity index (χ1) is 12.0. The second-order valence-corrected chi connectivity index (χ2v) is 6.35. The van der Waals surface area contributed by atoms with Crippen LogP contribution in [0.5, 0.6) is 5.75 Å². The van der Waals surface area contributed by atoms with E-state index >= 15 is 0 Å². The number of halogens is 2. The molecule has 1 unspecified atom stereocenters. The Morgan fingerprint density at radius 1 is 1.31 bits per heavy atom. The highest BCUT2D eigenvalue weighted by atomic mass is 127. The van der Waals surface area contributed by atoms with Crippen LogP contribution < -0.4 is 15.4 Å². The van der Waals surface area contributed by atoms with Crippen molar-refractivity contribution in [1.82, 2.24) is 15.5 Å². The molecule has 0 saturated heterocycles. The minimum atomic E-state index is -0.00580. The van der Waals surface area contributed by atoms with Gasteiger partial charge in [0.05, 0.1) is 6.54 Å². The van der Waals surface area contributed by atoms with E-state index in [1.54, 1.807) is 14.2 Å². The Morgan fingerprint density at radius 2 is 2.08 bits per heavy atom. The Morgan fingerprint density at radius 3 is 2.73 bits per heavy atom. The Balaban J connectivity index is 0.00000625. The minimum Gasteiger partial charge on any atom is -0.489 e. The van der Waals surface area contributed by atoms with Crippen molar-refractivity contribution in [2.24, 2.45) is 4.99 Å². The SMILES string of the molecule is CN=C(NCCN(C)CCCOC)NCC(C)Oc1cccc(Cl)c1.I. The van der Waals surface area contributed by atoms with Gasteiger partial charge in [0.25, 0.3) is 0 Å². The lowest BCUT2D eigenvalue weighted by atomic mass is 10.3. The molecule has 0 radical (unpaired) electrons. The van der Waals surface area contributed by atoms with E-state index < -0.39 is 0 Å². The van der Waals surface area contributed by atoms with E-state index in [1.165, 1.54) is 0 Å². The van der Waals surface area contributed by atoms with E-state index in [4.69, 9.17) is 21.1 Å². The van der Waals surface area contributed by atoms with Crippen LogP contribution in [-0.2, 0) is 4.74 Å². The zero-order chi connectivity index (χ0) is 18.5. The summed E-state index contributed by atoms with van der Waals surface area (Å²) in [5.74, 6) is 1.54. The molecular formula is C18H32ClIN4O2. The Labute approximate surface area is 179 Å². The number of hydrogen-bond acceptors (Lipinski definition) is 4. The standard InChI is InChI=1S/C18H31ClN4O2.HI/c1-15(25-17-8-5-7-16(19)13-17)14-22-18(20-2)21-9-11-23(3)10-6-12-24-4;/h5,7-8,13,15H,6,9-12,14H2,1-4H3,(H2,20,21,22);1H. The average Bonchev–Trinajstić information content (AvgIpc) is 2.58. The number of methoxy groups -OCH3 is 1. The molecule has 26 heavy (non-hydrogen) atoms. The Bertz CT molecular complexity index is 520. The Kier molecular flexibility index (Phi) is 14.9. The third-order valence-corrected chi connectivity index (χ3v) is 3.82. The van der Waals surface area contributed by atoms with Gasteiger partial charge in [-0.05, 0) is 38.6 Å². The number of nitrogens with zero attached hydrogens (tertiary/aromatic N) is 2. The van der Waals surface area contributed by atoms with Crippen molar-refractivity contribution in [1.29, 1.82) is 0 Å². The van der Waals surface area contributed by atoms with E-state index in [9.17, 15) is 0 Å². The summed E-state index contributed by atoms with van der Waals surface area (Å²) in [6, 6.07) is 7.41. The number of nitrogens with one attached hydrogen (secondary N) is 2. The first-order valence-electron chi connectivity index (χ1n) is 8.59. The van der Waals surface area contributed by atoms with Gasteiger partial charge in [0.15, 0.2) is 5.96 Å². The molecule has 1 rings (SSSR count). The number of aliphatic imine (C=N–C) groups is 1. The van der Waals surface area contributed by atoms with Gasteiger partial charge in [0.2, 0.25) is 0 Å². The molecule has 2 N–H and O–H groups in total. The van der Waals surface area contributed by atoms with E-state index in [2.05, 4.69) is 27.6 Å². The molecule has 1 aromatic rings. The summed E-state index contributed by atoms with van der Waals surface area (Å²) in [7, 11) is 5.60. The van der Waals surface area contributed by atoms with Gasteiger partial charge in [-0.3, -0.25) is 4.99 Å². The fraction of sp³-hybridized carbons (Fsp3) is 0.611. The topological polar surface area (TPSA) is 58.1 Å². The van der Waals surface area contributed by atoms with Crippen molar-refractivity contribution in [3.63, 3.8) is 0 Å². The summed E-state index contributed by atoms with van der Waals surface area (Å²) in [5.41, 5.74) is 0. The normalized spacial score (nSPS) is 12.5. The lowest BCUT2D eigenvalue weighted by Gasteiger charge is -2.20. The molecule has 0 aliphatic carbocycles. The van der Waals surface area contributed by atoms with Gasteiger partial charge in [-0.2, -0.15) is 0 Å². The lowest BCUT2D eigenvalue weighted by molar-refractivity contribution is 0.180. The van der Waals surface area contributed by atoms with Crippen molar-refractivity contribution in [3.8, 4) is 5.75 Å². The summed E-state index contributed by atoms with van der Waals surface area (Å²) in [5, 5.41) is 7.25. The van der Waals surface area contributed by atoms with Gasteiger partial charge in [0.1, 0.15) is 11.9 Å². The molecule has 0 amide bonds. The van der Waals surface area contributed by atoms with Gasteiger partial charge >= 0.3 is 0 Å². The van der Waals surface area contributed by atoms with E-state index in [1.807, 2.05) is 31.2 Å². The second kappa shape index (κ2) is 15.3. The summed E-state index contributed by atoms with van der Waals surface area (Å²) in [6.07, 6.45) is 1.03. The van der Waals surface area contributed by atoms with E-state index in [0.717, 1.165) is 44.4 Å². The van der Waals surface area contributed by atoms with Crippen LogP contribution in [0.3, 0.4) is 0 Å². The fourth-order valence-corrected chi connectivity index (χ4v) is 2.41. The summed E-state index contributed by atoms with van der Waals surface area (Å²) < 4.78 is 10.9. The minimum absolute atomic E-state index is 0. The predicted octanol–water partition coefficient (Wildman–Crippen LogP) is 2.86. The van der Waals surface area contributed by atoms with Crippen molar-refractivity contribution in [3.05, 3.63) is 29.3 Å². The fourth-order valence-electron chi connectivity index (χ4n) is 2.23. The molecule has 0 spiro atoms. The molecule has 150 valence electrons. The molecule has 0 aliphatic heterocycles. The third-order valence-electron chi connectivity index (χ3n) is 3.59. The van der Waals surface area contributed by atoms with Crippen molar-refractivity contribution >= 4 is 41.5 Å². The first kappa shape index (κ1) is 25.2. The van der Waals surface area contributed by atoms with Crippen LogP contribution in [0.25, 0.3) is 0 Å². The van der Waals surface area contributed by atoms with Gasteiger partial charge in [-0.15, -0.1) is 24.0 Å². The molecular weight excluding hydrogens is 467 g/mol. The summed E-state index contributed by atoms with van der Waals surface area (Å²) in [6.45, 7) is 6.24. The van der Waals surface area contributed by atoms with Crippen LogP contribution in [0.15, 0.2) is 29.3 Å². The molecule has 0 heterocycles. The maximum absolute atomic E-state index is 5.97. The highest BCUT2D eigenvalue weighted by Crippen LogP contribution is 2.18. The van der Waals surface area contributed by atoms with Crippen LogP contribution in [0, 0.1) is 0 Å². The first-order valence-corrected chi connectivity index (χ1v) is 8.97. The van der Waals surface area contributed by atoms with Gasteiger partial charge in [-0.25, -0.2) is 0 Å².